The third-order valence-electron chi connectivity index (χ3n) is 3.32. The largest absolute Gasteiger partial charge is 0.348 e. The van der Waals surface area contributed by atoms with Gasteiger partial charge in [0.1, 0.15) is 0 Å². The predicted octanol–water partition coefficient (Wildman–Crippen LogP) is 3.55. The van der Waals surface area contributed by atoms with Crippen molar-refractivity contribution in [1.29, 1.82) is 0 Å². The van der Waals surface area contributed by atoms with Crippen LogP contribution in [0.25, 0.3) is 22.0 Å². The lowest BCUT2D eigenvalue weighted by Gasteiger charge is -2.04. The summed E-state index contributed by atoms with van der Waals surface area (Å²) < 4.78 is 2.22. The van der Waals surface area contributed by atoms with E-state index in [4.69, 9.17) is 0 Å². The second-order valence-electron chi connectivity index (χ2n) is 4.32. The van der Waals surface area contributed by atoms with Crippen molar-refractivity contribution >= 4 is 10.9 Å². The summed E-state index contributed by atoms with van der Waals surface area (Å²) in [5.74, 6) is 0. The van der Waals surface area contributed by atoms with Crippen molar-refractivity contribution in [2.45, 2.75) is 6.92 Å². The minimum Gasteiger partial charge on any atom is -0.348 e. The molecule has 0 radical (unpaired) electrons. The number of nitrogens with zero attached hydrogens (tertiary/aromatic N) is 2. The highest BCUT2D eigenvalue weighted by Gasteiger charge is 2.07. The van der Waals surface area contributed by atoms with E-state index in [9.17, 15) is 0 Å². The van der Waals surface area contributed by atoms with E-state index >= 15 is 0 Å². The molecule has 0 spiro atoms. The molecule has 3 aromatic rings. The molecule has 0 aliphatic rings. The monoisotopic (exact) mass is 222 g/mol. The Labute approximate surface area is 101 Å². The predicted molar refractivity (Wildman–Crippen MR) is 70.9 cm³/mol. The van der Waals surface area contributed by atoms with Crippen molar-refractivity contribution < 1.29 is 0 Å². The Kier molecular flexibility index (Phi) is 2.22. The first-order valence-corrected chi connectivity index (χ1v) is 5.73. The second-order valence-corrected chi connectivity index (χ2v) is 4.32. The van der Waals surface area contributed by atoms with Crippen LogP contribution >= 0.6 is 0 Å². The molecular formula is C15H14N2. The smallest absolute Gasteiger partial charge is 0.0486 e. The van der Waals surface area contributed by atoms with E-state index in [1.165, 1.54) is 27.7 Å². The van der Waals surface area contributed by atoms with Crippen molar-refractivity contribution in [2.24, 2.45) is 7.05 Å². The summed E-state index contributed by atoms with van der Waals surface area (Å²) in [6, 6.07) is 12.8. The lowest BCUT2D eigenvalue weighted by Crippen LogP contribution is -1.89. The van der Waals surface area contributed by atoms with Gasteiger partial charge in [-0.3, -0.25) is 4.98 Å². The van der Waals surface area contributed by atoms with E-state index in [2.05, 4.69) is 59.9 Å². The average molecular weight is 222 g/mol. The molecular weight excluding hydrogens is 208 g/mol. The Bertz CT molecular complexity index is 666. The zero-order chi connectivity index (χ0) is 11.8. The Morgan fingerprint density at radius 3 is 2.59 bits per heavy atom. The van der Waals surface area contributed by atoms with Crippen molar-refractivity contribution in [3.63, 3.8) is 0 Å². The van der Waals surface area contributed by atoms with Gasteiger partial charge in [0.05, 0.1) is 0 Å². The van der Waals surface area contributed by atoms with E-state index < -0.39 is 0 Å². The van der Waals surface area contributed by atoms with E-state index in [1.807, 2.05) is 12.4 Å². The number of benzene rings is 1. The Balaban J connectivity index is 2.35. The normalized spacial score (nSPS) is 10.9. The number of pyridine rings is 1. The Morgan fingerprint density at radius 2 is 1.82 bits per heavy atom. The maximum Gasteiger partial charge on any atom is 0.0486 e. The molecule has 2 aromatic heterocycles. The van der Waals surface area contributed by atoms with Crippen LogP contribution in [0, 0.1) is 6.92 Å². The summed E-state index contributed by atoms with van der Waals surface area (Å²) in [6.45, 7) is 2.14. The summed E-state index contributed by atoms with van der Waals surface area (Å²) in [6.07, 6.45) is 3.67. The van der Waals surface area contributed by atoms with Crippen LogP contribution < -0.4 is 0 Å². The summed E-state index contributed by atoms with van der Waals surface area (Å²) >= 11 is 0. The van der Waals surface area contributed by atoms with Crippen LogP contribution in [0.5, 0.6) is 0 Å². The van der Waals surface area contributed by atoms with Gasteiger partial charge >= 0.3 is 0 Å². The first-order valence-electron chi connectivity index (χ1n) is 5.73. The summed E-state index contributed by atoms with van der Waals surface area (Å²) in [7, 11) is 2.11. The molecule has 0 atom stereocenters. The van der Waals surface area contributed by atoms with Crippen LogP contribution in [0.1, 0.15) is 5.69 Å². The molecule has 0 aliphatic heterocycles. The number of aromatic nitrogens is 2. The third-order valence-corrected chi connectivity index (χ3v) is 3.32. The molecule has 1 aromatic carbocycles. The Hall–Kier alpha value is -2.09. The molecule has 2 heterocycles. The summed E-state index contributed by atoms with van der Waals surface area (Å²) in [4.78, 5) is 4.07. The molecule has 0 saturated heterocycles. The van der Waals surface area contributed by atoms with Gasteiger partial charge in [-0.25, -0.2) is 0 Å². The van der Waals surface area contributed by atoms with Gasteiger partial charge in [0.25, 0.3) is 0 Å². The fourth-order valence-electron chi connectivity index (χ4n) is 2.28. The van der Waals surface area contributed by atoms with Gasteiger partial charge in [-0.2, -0.15) is 0 Å². The number of rotatable bonds is 1. The molecule has 0 unspecified atom stereocenters. The molecule has 2 heteroatoms. The third kappa shape index (κ3) is 1.53. The van der Waals surface area contributed by atoms with Gasteiger partial charge in [0.15, 0.2) is 0 Å². The molecule has 0 bridgehead atoms. The van der Waals surface area contributed by atoms with Crippen molar-refractivity contribution in [3.8, 4) is 11.1 Å². The van der Waals surface area contributed by atoms with Gasteiger partial charge in [0.2, 0.25) is 0 Å². The van der Waals surface area contributed by atoms with Gasteiger partial charge in [-0.15, -0.1) is 0 Å². The van der Waals surface area contributed by atoms with Crippen LogP contribution in [0.15, 0.2) is 48.8 Å². The van der Waals surface area contributed by atoms with Gasteiger partial charge in [-0.05, 0) is 42.3 Å². The number of hydrogen-bond acceptors (Lipinski definition) is 1. The highest BCUT2D eigenvalue weighted by Crippen LogP contribution is 2.29. The SMILES string of the molecule is Cc1cc2c(-c3ccncc3)cccc2n1C. The minimum absolute atomic E-state index is 1.22. The first kappa shape index (κ1) is 10.1. The van der Waals surface area contributed by atoms with Crippen LogP contribution in [0.3, 0.4) is 0 Å². The highest BCUT2D eigenvalue weighted by molar-refractivity contribution is 5.96. The Morgan fingerprint density at radius 1 is 1.06 bits per heavy atom. The van der Waals surface area contributed by atoms with Crippen LogP contribution in [0.2, 0.25) is 0 Å². The summed E-state index contributed by atoms with van der Waals surface area (Å²) in [5, 5.41) is 1.30. The maximum absolute atomic E-state index is 4.07. The molecule has 0 N–H and O–H groups in total. The highest BCUT2D eigenvalue weighted by atomic mass is 14.9. The molecule has 84 valence electrons. The van der Waals surface area contributed by atoms with Crippen LogP contribution in [-0.4, -0.2) is 9.55 Å². The van der Waals surface area contributed by atoms with Crippen LogP contribution in [0.4, 0.5) is 0 Å². The molecule has 0 fully saturated rings. The van der Waals surface area contributed by atoms with Gasteiger partial charge in [0, 0.05) is 36.0 Å². The fraction of sp³-hybridized carbons (Fsp3) is 0.133. The first-order chi connectivity index (χ1) is 8.27. The standard InChI is InChI=1S/C15H14N2/c1-11-10-14-13(12-6-8-16-9-7-12)4-3-5-15(14)17(11)2/h3-10H,1-2H3. The maximum atomic E-state index is 4.07. The zero-order valence-corrected chi connectivity index (χ0v) is 10.0. The van der Waals surface area contributed by atoms with E-state index in [0.717, 1.165) is 0 Å². The molecule has 3 rings (SSSR count). The topological polar surface area (TPSA) is 17.8 Å². The molecule has 0 aliphatic carbocycles. The van der Waals surface area contributed by atoms with Gasteiger partial charge in [-0.1, -0.05) is 12.1 Å². The lowest BCUT2D eigenvalue weighted by molar-refractivity contribution is 0.918. The molecule has 17 heavy (non-hydrogen) atoms. The minimum atomic E-state index is 1.22. The van der Waals surface area contributed by atoms with Crippen molar-refractivity contribution in [2.75, 3.05) is 0 Å². The molecule has 0 amide bonds. The van der Waals surface area contributed by atoms with E-state index in [-0.39, 0.29) is 0 Å². The average Bonchev–Trinajstić information content (AvgIpc) is 2.67. The summed E-state index contributed by atoms with van der Waals surface area (Å²) in [5.41, 5.74) is 5.04. The zero-order valence-electron chi connectivity index (χ0n) is 10.0. The fourth-order valence-corrected chi connectivity index (χ4v) is 2.28. The quantitative estimate of drug-likeness (QED) is 0.615. The van der Waals surface area contributed by atoms with Crippen LogP contribution in [-0.2, 0) is 7.05 Å². The van der Waals surface area contributed by atoms with Crippen molar-refractivity contribution in [3.05, 3.63) is 54.5 Å². The van der Waals surface area contributed by atoms with E-state index in [0.29, 0.717) is 0 Å². The lowest BCUT2D eigenvalue weighted by atomic mass is 10.0. The van der Waals surface area contributed by atoms with Crippen molar-refractivity contribution in [1.82, 2.24) is 9.55 Å². The molecule has 0 saturated carbocycles. The number of fused-ring (bicyclic) bond motifs is 1. The number of aryl methyl sites for hydroxylation is 2. The number of hydrogen-bond donors (Lipinski definition) is 0. The van der Waals surface area contributed by atoms with Gasteiger partial charge < -0.3 is 4.57 Å². The molecule has 2 nitrogen and oxygen atoms in total. The second kappa shape index (κ2) is 3.74. The van der Waals surface area contributed by atoms with E-state index in [1.54, 1.807) is 0 Å².